The molecule has 0 saturated heterocycles. The van der Waals surface area contributed by atoms with Crippen molar-refractivity contribution >= 4 is 22.4 Å². The predicted molar refractivity (Wildman–Crippen MR) is 73.7 cm³/mol. The Morgan fingerprint density at radius 2 is 1.94 bits per heavy atom. The molecule has 3 nitrogen and oxygen atoms in total. The van der Waals surface area contributed by atoms with E-state index in [9.17, 15) is 0 Å². The van der Waals surface area contributed by atoms with E-state index in [1.807, 2.05) is 24.0 Å². The van der Waals surface area contributed by atoms with E-state index < -0.39 is 0 Å². The highest BCUT2D eigenvalue weighted by Crippen LogP contribution is 2.27. The summed E-state index contributed by atoms with van der Waals surface area (Å²) in [6, 6.07) is 8.14. The highest BCUT2D eigenvalue weighted by molar-refractivity contribution is 6.30. The fourth-order valence-corrected chi connectivity index (χ4v) is 2.23. The van der Waals surface area contributed by atoms with Crippen LogP contribution in [0.5, 0.6) is 0 Å². The van der Waals surface area contributed by atoms with Gasteiger partial charge in [-0.25, -0.2) is 4.98 Å². The van der Waals surface area contributed by atoms with Crippen LogP contribution in [0.3, 0.4) is 0 Å². The molecule has 4 heteroatoms. The third-order valence-electron chi connectivity index (χ3n) is 3.23. The molecule has 0 N–H and O–H groups in total. The number of hydrogen-bond acceptors (Lipinski definition) is 2. The average molecular weight is 258 g/mol. The lowest BCUT2D eigenvalue weighted by atomic mass is 10.0. The molecule has 3 rings (SSSR count). The Bertz CT molecular complexity index is 731. The Morgan fingerprint density at radius 3 is 2.67 bits per heavy atom. The van der Waals surface area contributed by atoms with Crippen molar-refractivity contribution in [1.82, 2.24) is 14.8 Å². The van der Waals surface area contributed by atoms with Gasteiger partial charge in [0.25, 0.3) is 0 Å². The van der Waals surface area contributed by atoms with Crippen LogP contribution in [0, 0.1) is 6.92 Å². The summed E-state index contributed by atoms with van der Waals surface area (Å²) in [6.07, 6.45) is 3.68. The lowest BCUT2D eigenvalue weighted by Gasteiger charge is -2.04. The van der Waals surface area contributed by atoms with Crippen LogP contribution in [-0.4, -0.2) is 14.8 Å². The number of aryl methyl sites for hydroxylation is 1. The minimum absolute atomic E-state index is 0.516. The average Bonchev–Trinajstić information content (AvgIpc) is 2.69. The first-order valence-electron chi connectivity index (χ1n) is 5.69. The maximum Gasteiger partial charge on any atom is 0.129 e. The maximum atomic E-state index is 5.92. The second-order valence-electron chi connectivity index (χ2n) is 4.34. The van der Waals surface area contributed by atoms with E-state index in [-0.39, 0.29) is 0 Å². The summed E-state index contributed by atoms with van der Waals surface area (Å²) >= 11 is 5.92. The van der Waals surface area contributed by atoms with Gasteiger partial charge in [-0.15, -0.1) is 0 Å². The van der Waals surface area contributed by atoms with Gasteiger partial charge in [-0.1, -0.05) is 23.7 Å². The molecule has 0 spiro atoms. The molecule has 0 radical (unpaired) electrons. The van der Waals surface area contributed by atoms with E-state index in [0.29, 0.717) is 5.15 Å². The van der Waals surface area contributed by atoms with Gasteiger partial charge in [-0.05, 0) is 30.0 Å². The van der Waals surface area contributed by atoms with Gasteiger partial charge in [0.2, 0.25) is 0 Å². The summed E-state index contributed by atoms with van der Waals surface area (Å²) in [4.78, 5) is 4.08. The van der Waals surface area contributed by atoms with Crippen LogP contribution in [0.15, 0.2) is 36.7 Å². The number of pyridine rings is 1. The minimum Gasteiger partial charge on any atom is -0.272 e. The molecule has 0 unspecified atom stereocenters. The smallest absolute Gasteiger partial charge is 0.129 e. The van der Waals surface area contributed by atoms with Gasteiger partial charge in [0, 0.05) is 29.9 Å². The number of hydrogen-bond donors (Lipinski definition) is 0. The normalized spacial score (nSPS) is 11.1. The molecule has 0 aliphatic heterocycles. The molecule has 1 aromatic carbocycles. The quantitative estimate of drug-likeness (QED) is 0.624. The van der Waals surface area contributed by atoms with Gasteiger partial charge in [-0.3, -0.25) is 4.68 Å². The van der Waals surface area contributed by atoms with Gasteiger partial charge >= 0.3 is 0 Å². The molecule has 0 amide bonds. The number of halogens is 1. The van der Waals surface area contributed by atoms with Crippen LogP contribution in [-0.2, 0) is 7.05 Å². The largest absolute Gasteiger partial charge is 0.272 e. The number of rotatable bonds is 1. The summed E-state index contributed by atoms with van der Waals surface area (Å²) in [7, 11) is 1.95. The van der Waals surface area contributed by atoms with E-state index in [4.69, 9.17) is 11.6 Å². The first-order chi connectivity index (χ1) is 8.65. The first-order valence-corrected chi connectivity index (χ1v) is 6.07. The SMILES string of the molecule is Cc1c(-c2ccc3cnc(Cl)cc3c2)cnn1C. The van der Waals surface area contributed by atoms with Gasteiger partial charge in [-0.2, -0.15) is 5.10 Å². The highest BCUT2D eigenvalue weighted by atomic mass is 35.5. The van der Waals surface area contributed by atoms with Crippen LogP contribution in [0.25, 0.3) is 21.9 Å². The van der Waals surface area contributed by atoms with E-state index >= 15 is 0 Å². The number of fused-ring (bicyclic) bond motifs is 1. The summed E-state index contributed by atoms with van der Waals surface area (Å²) in [5.74, 6) is 0. The molecule has 0 fully saturated rings. The Balaban J connectivity index is 2.21. The standard InChI is InChI=1S/C14H12ClN3/c1-9-13(8-17-18(9)2)10-3-4-11-7-16-14(15)6-12(11)5-10/h3-8H,1-2H3. The zero-order chi connectivity index (χ0) is 12.7. The van der Waals surface area contributed by atoms with Crippen molar-refractivity contribution in [1.29, 1.82) is 0 Å². The van der Waals surface area contributed by atoms with Crippen molar-refractivity contribution in [3.05, 3.63) is 47.5 Å². The molecular weight excluding hydrogens is 246 g/mol. The van der Waals surface area contributed by atoms with E-state index in [2.05, 4.69) is 35.2 Å². The van der Waals surface area contributed by atoms with Crippen molar-refractivity contribution in [2.45, 2.75) is 6.92 Å². The molecule has 18 heavy (non-hydrogen) atoms. The van der Waals surface area contributed by atoms with Crippen molar-refractivity contribution in [3.63, 3.8) is 0 Å². The van der Waals surface area contributed by atoms with Crippen LogP contribution < -0.4 is 0 Å². The first kappa shape index (κ1) is 11.2. The molecule has 2 heterocycles. The fourth-order valence-electron chi connectivity index (χ4n) is 2.06. The summed E-state index contributed by atoms with van der Waals surface area (Å²) in [6.45, 7) is 2.06. The van der Waals surface area contributed by atoms with Gasteiger partial charge in [0.15, 0.2) is 0 Å². The van der Waals surface area contributed by atoms with Crippen molar-refractivity contribution in [2.24, 2.45) is 7.05 Å². The highest BCUT2D eigenvalue weighted by Gasteiger charge is 2.07. The number of nitrogens with zero attached hydrogens (tertiary/aromatic N) is 3. The Labute approximate surface area is 110 Å². The Hall–Kier alpha value is -1.87. The third-order valence-corrected chi connectivity index (χ3v) is 3.44. The fraction of sp³-hybridized carbons (Fsp3) is 0.143. The molecule has 0 aliphatic rings. The van der Waals surface area contributed by atoms with E-state index in [1.54, 1.807) is 6.20 Å². The zero-order valence-electron chi connectivity index (χ0n) is 10.2. The molecule has 0 atom stereocenters. The zero-order valence-corrected chi connectivity index (χ0v) is 10.9. The molecule has 0 saturated carbocycles. The van der Waals surface area contributed by atoms with Crippen LogP contribution in [0.1, 0.15) is 5.69 Å². The molecule has 2 aromatic heterocycles. The minimum atomic E-state index is 0.516. The van der Waals surface area contributed by atoms with Gasteiger partial charge in [0.05, 0.1) is 6.20 Å². The molecule has 0 bridgehead atoms. The molecule has 0 aliphatic carbocycles. The van der Waals surface area contributed by atoms with Crippen molar-refractivity contribution in [3.8, 4) is 11.1 Å². The number of benzene rings is 1. The molecule has 3 aromatic rings. The summed E-state index contributed by atoms with van der Waals surface area (Å²) in [5, 5.41) is 6.97. The topological polar surface area (TPSA) is 30.7 Å². The molecule has 90 valence electrons. The monoisotopic (exact) mass is 257 g/mol. The lowest BCUT2D eigenvalue weighted by Crippen LogP contribution is -1.92. The summed E-state index contributed by atoms with van der Waals surface area (Å²) < 4.78 is 1.87. The summed E-state index contributed by atoms with van der Waals surface area (Å²) in [5.41, 5.74) is 3.44. The van der Waals surface area contributed by atoms with Crippen molar-refractivity contribution < 1.29 is 0 Å². The maximum absolute atomic E-state index is 5.92. The Morgan fingerprint density at radius 1 is 1.11 bits per heavy atom. The van der Waals surface area contributed by atoms with Gasteiger partial charge < -0.3 is 0 Å². The van der Waals surface area contributed by atoms with E-state index in [1.165, 1.54) is 0 Å². The van der Waals surface area contributed by atoms with Crippen LogP contribution in [0.4, 0.5) is 0 Å². The van der Waals surface area contributed by atoms with Crippen LogP contribution >= 0.6 is 11.6 Å². The van der Waals surface area contributed by atoms with E-state index in [0.717, 1.165) is 27.6 Å². The predicted octanol–water partition coefficient (Wildman–Crippen LogP) is 3.60. The Kier molecular flexibility index (Phi) is 2.56. The second kappa shape index (κ2) is 4.10. The van der Waals surface area contributed by atoms with Crippen molar-refractivity contribution in [2.75, 3.05) is 0 Å². The van der Waals surface area contributed by atoms with Gasteiger partial charge in [0.1, 0.15) is 5.15 Å². The molecular formula is C14H12ClN3. The number of aromatic nitrogens is 3. The lowest BCUT2D eigenvalue weighted by molar-refractivity contribution is 0.740. The van der Waals surface area contributed by atoms with Crippen LogP contribution in [0.2, 0.25) is 5.15 Å². The second-order valence-corrected chi connectivity index (χ2v) is 4.72. The third kappa shape index (κ3) is 1.77.